The normalized spacial score (nSPS) is 10.2. The van der Waals surface area contributed by atoms with Gasteiger partial charge in [0.1, 0.15) is 16.0 Å². The van der Waals surface area contributed by atoms with E-state index in [-0.39, 0.29) is 21.5 Å². The molecule has 0 heterocycles. The molecule has 21 heavy (non-hydrogen) atoms. The molecule has 0 aliphatic heterocycles. The second kappa shape index (κ2) is 6.23. The van der Waals surface area contributed by atoms with Crippen LogP contribution >= 0.6 is 31.9 Å². The van der Waals surface area contributed by atoms with Crippen LogP contribution in [0.4, 0.5) is 5.69 Å². The highest BCUT2D eigenvalue weighted by molar-refractivity contribution is 9.11. The topological polar surface area (TPSA) is 89.7 Å². The van der Waals surface area contributed by atoms with E-state index in [0.717, 1.165) is 0 Å². The van der Waals surface area contributed by atoms with Gasteiger partial charge in [-0.3, -0.25) is 10.1 Å². The molecular formula is C13H7Br2NO5. The van der Waals surface area contributed by atoms with E-state index in [1.807, 2.05) is 0 Å². The third-order valence-corrected chi connectivity index (χ3v) is 3.99. The van der Waals surface area contributed by atoms with Gasteiger partial charge in [-0.15, -0.1) is 0 Å². The molecule has 0 spiro atoms. The molecule has 0 aromatic heterocycles. The molecule has 0 bridgehead atoms. The Labute approximate surface area is 135 Å². The van der Waals surface area contributed by atoms with Gasteiger partial charge in [0.15, 0.2) is 0 Å². The van der Waals surface area contributed by atoms with E-state index in [9.17, 15) is 14.9 Å². The van der Waals surface area contributed by atoms with Crippen molar-refractivity contribution in [3.05, 3.63) is 61.0 Å². The molecule has 0 aliphatic rings. The van der Waals surface area contributed by atoms with Crippen molar-refractivity contribution in [2.45, 2.75) is 0 Å². The van der Waals surface area contributed by atoms with Crippen LogP contribution in [0.5, 0.6) is 11.5 Å². The van der Waals surface area contributed by atoms with Crippen molar-refractivity contribution in [3.8, 4) is 11.5 Å². The van der Waals surface area contributed by atoms with Crippen molar-refractivity contribution in [1.82, 2.24) is 0 Å². The Morgan fingerprint density at radius 3 is 2.52 bits per heavy atom. The number of nitro benzene ring substituents is 1. The van der Waals surface area contributed by atoms with Crippen LogP contribution in [-0.4, -0.2) is 16.0 Å². The standard InChI is InChI=1S/C13H7Br2NO5/c14-9-6-7(4-5-8(9)13(17)18)21-11-3-1-2-10(12(11)15)16(19)20/h1-6H,(H,17,18). The number of ether oxygens (including phenoxy) is 1. The van der Waals surface area contributed by atoms with Crippen LogP contribution in [0.25, 0.3) is 0 Å². The first-order chi connectivity index (χ1) is 9.90. The Morgan fingerprint density at radius 1 is 1.24 bits per heavy atom. The summed E-state index contributed by atoms with van der Waals surface area (Å²) in [4.78, 5) is 21.2. The summed E-state index contributed by atoms with van der Waals surface area (Å²) in [7, 11) is 0. The van der Waals surface area contributed by atoms with Crippen LogP contribution in [-0.2, 0) is 0 Å². The van der Waals surface area contributed by atoms with Gasteiger partial charge in [-0.25, -0.2) is 4.79 Å². The highest BCUT2D eigenvalue weighted by Gasteiger charge is 2.17. The van der Waals surface area contributed by atoms with Gasteiger partial charge in [0.25, 0.3) is 5.69 Å². The molecule has 2 rings (SSSR count). The van der Waals surface area contributed by atoms with Gasteiger partial charge in [0, 0.05) is 10.5 Å². The SMILES string of the molecule is O=C(O)c1ccc(Oc2cccc([N+](=O)[O-])c2Br)cc1Br. The predicted molar refractivity (Wildman–Crippen MR) is 82.0 cm³/mol. The van der Waals surface area contributed by atoms with E-state index in [4.69, 9.17) is 9.84 Å². The van der Waals surface area contributed by atoms with E-state index in [2.05, 4.69) is 31.9 Å². The first-order valence-corrected chi connectivity index (χ1v) is 7.12. The molecule has 0 unspecified atom stereocenters. The summed E-state index contributed by atoms with van der Waals surface area (Å²) in [5, 5.41) is 19.8. The molecule has 1 N–H and O–H groups in total. The number of nitro groups is 1. The summed E-state index contributed by atoms with van der Waals surface area (Å²) in [5.74, 6) is -0.447. The molecule has 0 saturated carbocycles. The van der Waals surface area contributed by atoms with E-state index >= 15 is 0 Å². The van der Waals surface area contributed by atoms with Crippen molar-refractivity contribution in [2.24, 2.45) is 0 Å². The lowest BCUT2D eigenvalue weighted by molar-refractivity contribution is -0.385. The van der Waals surface area contributed by atoms with Crippen LogP contribution in [0.3, 0.4) is 0 Å². The number of carboxylic acids is 1. The predicted octanol–water partition coefficient (Wildman–Crippen LogP) is 4.61. The largest absolute Gasteiger partial charge is 0.478 e. The van der Waals surface area contributed by atoms with Gasteiger partial charge < -0.3 is 9.84 Å². The van der Waals surface area contributed by atoms with Gasteiger partial charge in [0.2, 0.25) is 0 Å². The van der Waals surface area contributed by atoms with Gasteiger partial charge >= 0.3 is 5.97 Å². The number of nitrogens with zero attached hydrogens (tertiary/aromatic N) is 1. The maximum atomic E-state index is 10.9. The summed E-state index contributed by atoms with van der Waals surface area (Å²) in [6.07, 6.45) is 0. The van der Waals surface area contributed by atoms with Crippen molar-refractivity contribution >= 4 is 43.5 Å². The fraction of sp³-hybridized carbons (Fsp3) is 0. The monoisotopic (exact) mass is 415 g/mol. The number of benzene rings is 2. The van der Waals surface area contributed by atoms with Crippen LogP contribution in [0, 0.1) is 10.1 Å². The van der Waals surface area contributed by atoms with Gasteiger partial charge in [0.05, 0.1) is 10.5 Å². The number of carboxylic acid groups (broad SMARTS) is 1. The summed E-state index contributed by atoms with van der Waals surface area (Å²) in [5.41, 5.74) is -0.0193. The zero-order valence-electron chi connectivity index (χ0n) is 10.2. The molecule has 0 radical (unpaired) electrons. The third kappa shape index (κ3) is 3.40. The molecule has 2 aromatic carbocycles. The van der Waals surface area contributed by atoms with Crippen molar-refractivity contribution in [3.63, 3.8) is 0 Å². The van der Waals surface area contributed by atoms with Crippen LogP contribution in [0.1, 0.15) is 10.4 Å². The molecule has 0 saturated heterocycles. The fourth-order valence-electron chi connectivity index (χ4n) is 1.58. The maximum absolute atomic E-state index is 10.9. The summed E-state index contributed by atoms with van der Waals surface area (Å²) in [6, 6.07) is 8.75. The lowest BCUT2D eigenvalue weighted by atomic mass is 10.2. The third-order valence-electron chi connectivity index (χ3n) is 2.54. The smallest absolute Gasteiger partial charge is 0.336 e. The molecule has 0 fully saturated rings. The second-order valence-corrected chi connectivity index (χ2v) is 5.54. The van der Waals surface area contributed by atoms with Crippen LogP contribution < -0.4 is 4.74 Å². The van der Waals surface area contributed by atoms with E-state index < -0.39 is 10.9 Å². The Balaban J connectivity index is 2.35. The first kappa shape index (κ1) is 15.5. The fourth-order valence-corrected chi connectivity index (χ4v) is 2.60. The summed E-state index contributed by atoms with van der Waals surface area (Å²) >= 11 is 6.26. The van der Waals surface area contributed by atoms with Crippen LogP contribution in [0.2, 0.25) is 0 Å². The Kier molecular flexibility index (Phi) is 4.59. The minimum absolute atomic E-state index is 0.0976. The molecule has 0 atom stereocenters. The zero-order chi connectivity index (χ0) is 15.6. The number of rotatable bonds is 4. The molecule has 2 aromatic rings. The maximum Gasteiger partial charge on any atom is 0.336 e. The van der Waals surface area contributed by atoms with Crippen molar-refractivity contribution < 1.29 is 19.6 Å². The van der Waals surface area contributed by atoms with Crippen molar-refractivity contribution in [2.75, 3.05) is 0 Å². The summed E-state index contributed by atoms with van der Waals surface area (Å²) in [6.45, 7) is 0. The minimum Gasteiger partial charge on any atom is -0.478 e. The van der Waals surface area contributed by atoms with E-state index in [0.29, 0.717) is 10.2 Å². The number of halogens is 2. The van der Waals surface area contributed by atoms with Gasteiger partial charge in [-0.2, -0.15) is 0 Å². The van der Waals surface area contributed by atoms with Gasteiger partial charge in [-0.05, 0) is 56.1 Å². The Bertz CT molecular complexity index is 732. The quantitative estimate of drug-likeness (QED) is 0.580. The minimum atomic E-state index is -1.06. The molecule has 8 heteroatoms. The Hall–Kier alpha value is -1.93. The average Bonchev–Trinajstić information content (AvgIpc) is 2.40. The van der Waals surface area contributed by atoms with Crippen molar-refractivity contribution in [1.29, 1.82) is 0 Å². The number of carbonyl (C=O) groups is 1. The average molecular weight is 417 g/mol. The van der Waals surface area contributed by atoms with E-state index in [1.165, 1.54) is 30.3 Å². The molecule has 0 aliphatic carbocycles. The summed E-state index contributed by atoms with van der Waals surface area (Å²) < 4.78 is 6.11. The highest BCUT2D eigenvalue weighted by atomic mass is 79.9. The van der Waals surface area contributed by atoms with Crippen LogP contribution in [0.15, 0.2) is 45.3 Å². The van der Waals surface area contributed by atoms with E-state index in [1.54, 1.807) is 6.07 Å². The number of hydrogen-bond donors (Lipinski definition) is 1. The first-order valence-electron chi connectivity index (χ1n) is 5.53. The second-order valence-electron chi connectivity index (χ2n) is 3.90. The number of aromatic carboxylic acids is 1. The molecular weight excluding hydrogens is 410 g/mol. The molecule has 108 valence electrons. The lowest BCUT2D eigenvalue weighted by Gasteiger charge is -2.09. The molecule has 6 nitrogen and oxygen atoms in total. The lowest BCUT2D eigenvalue weighted by Crippen LogP contribution is -1.98. The Morgan fingerprint density at radius 2 is 1.95 bits per heavy atom. The molecule has 0 amide bonds. The highest BCUT2D eigenvalue weighted by Crippen LogP contribution is 2.37. The zero-order valence-corrected chi connectivity index (χ0v) is 13.4. The number of hydrogen-bond acceptors (Lipinski definition) is 4. The van der Waals surface area contributed by atoms with Gasteiger partial charge in [-0.1, -0.05) is 6.07 Å².